The average molecular weight is 172 g/mol. The van der Waals surface area contributed by atoms with E-state index in [1.165, 1.54) is 12.4 Å². The molecule has 0 aliphatic heterocycles. The van der Waals surface area contributed by atoms with Gasteiger partial charge in [-0.05, 0) is 11.6 Å². The van der Waals surface area contributed by atoms with Crippen molar-refractivity contribution < 1.29 is 9.90 Å². The van der Waals surface area contributed by atoms with E-state index in [0.717, 1.165) is 0 Å². The van der Waals surface area contributed by atoms with Crippen molar-refractivity contribution in [3.63, 3.8) is 0 Å². The number of halogens is 1. The highest BCUT2D eigenvalue weighted by Crippen LogP contribution is 2.08. The van der Waals surface area contributed by atoms with E-state index >= 15 is 0 Å². The van der Waals surface area contributed by atoms with E-state index in [1.54, 1.807) is 6.07 Å². The molecule has 1 N–H and O–H groups in total. The zero-order valence-electron chi connectivity index (χ0n) is 5.62. The number of aromatic nitrogens is 1. The second kappa shape index (κ2) is 3.34. The quantitative estimate of drug-likeness (QED) is 0.687. The number of alkyl halides is 1. The molecule has 0 unspecified atom stereocenters. The molecule has 0 amide bonds. The summed E-state index contributed by atoms with van der Waals surface area (Å²) >= 11 is 5.49. The lowest BCUT2D eigenvalue weighted by Crippen LogP contribution is -2.01. The highest BCUT2D eigenvalue weighted by atomic mass is 35.5. The predicted molar refractivity (Wildman–Crippen MR) is 40.8 cm³/mol. The van der Waals surface area contributed by atoms with Crippen LogP contribution in [0.1, 0.15) is 15.9 Å². The van der Waals surface area contributed by atoms with E-state index in [0.29, 0.717) is 5.56 Å². The predicted octanol–water partition coefficient (Wildman–Crippen LogP) is 1.52. The molecule has 0 aliphatic rings. The summed E-state index contributed by atoms with van der Waals surface area (Å²) in [5, 5.41) is 8.60. The third-order valence-corrected chi connectivity index (χ3v) is 1.57. The summed E-state index contributed by atoms with van der Waals surface area (Å²) in [6, 6.07) is 1.59. The van der Waals surface area contributed by atoms with Crippen LogP contribution in [0.5, 0.6) is 0 Å². The molecule has 11 heavy (non-hydrogen) atoms. The fourth-order valence-electron chi connectivity index (χ4n) is 0.732. The minimum Gasteiger partial charge on any atom is -0.478 e. The number of pyridine rings is 1. The largest absolute Gasteiger partial charge is 0.478 e. The number of carboxylic acids is 1. The van der Waals surface area contributed by atoms with Crippen LogP contribution in [0.25, 0.3) is 0 Å². The summed E-state index contributed by atoms with van der Waals surface area (Å²) in [6.07, 6.45) is 2.81. The van der Waals surface area contributed by atoms with Gasteiger partial charge in [-0.2, -0.15) is 0 Å². The lowest BCUT2D eigenvalue weighted by molar-refractivity contribution is 0.0695. The van der Waals surface area contributed by atoms with Crippen LogP contribution in [0.4, 0.5) is 0 Å². The van der Waals surface area contributed by atoms with E-state index in [1.807, 2.05) is 0 Å². The van der Waals surface area contributed by atoms with Gasteiger partial charge in [0.2, 0.25) is 0 Å². The molecule has 1 aromatic rings. The number of hydrogen-bond donors (Lipinski definition) is 1. The smallest absolute Gasteiger partial charge is 0.337 e. The van der Waals surface area contributed by atoms with Gasteiger partial charge in [0.1, 0.15) is 0 Å². The molecule has 0 aliphatic carbocycles. The van der Waals surface area contributed by atoms with Crippen molar-refractivity contribution in [3.8, 4) is 0 Å². The fraction of sp³-hybridized carbons (Fsp3) is 0.143. The molecular formula is C7H6ClNO2. The number of nitrogens with zero attached hydrogens (tertiary/aromatic N) is 1. The second-order valence-corrected chi connectivity index (χ2v) is 2.24. The molecule has 3 nitrogen and oxygen atoms in total. The van der Waals surface area contributed by atoms with Crippen LogP contribution < -0.4 is 0 Å². The first-order valence-electron chi connectivity index (χ1n) is 2.98. The van der Waals surface area contributed by atoms with E-state index < -0.39 is 5.97 Å². The number of carbonyl (C=O) groups is 1. The summed E-state index contributed by atoms with van der Waals surface area (Å²) in [6.45, 7) is 0. The Morgan fingerprint density at radius 1 is 1.73 bits per heavy atom. The van der Waals surface area contributed by atoms with Gasteiger partial charge in [0, 0.05) is 18.3 Å². The highest BCUT2D eigenvalue weighted by Gasteiger charge is 2.07. The molecule has 58 valence electrons. The minimum atomic E-state index is -0.992. The number of aromatic carboxylic acids is 1. The lowest BCUT2D eigenvalue weighted by atomic mass is 10.2. The highest BCUT2D eigenvalue weighted by molar-refractivity contribution is 6.17. The van der Waals surface area contributed by atoms with Crippen LogP contribution in [0.2, 0.25) is 0 Å². The van der Waals surface area contributed by atoms with Crippen LogP contribution in [0.15, 0.2) is 18.5 Å². The molecular weight excluding hydrogens is 166 g/mol. The van der Waals surface area contributed by atoms with Crippen molar-refractivity contribution in [1.82, 2.24) is 4.98 Å². The lowest BCUT2D eigenvalue weighted by Gasteiger charge is -1.98. The summed E-state index contributed by atoms with van der Waals surface area (Å²) in [5.74, 6) is -0.793. The molecule has 0 fully saturated rings. The zero-order valence-corrected chi connectivity index (χ0v) is 6.38. The van der Waals surface area contributed by atoms with E-state index in [-0.39, 0.29) is 11.4 Å². The van der Waals surface area contributed by atoms with Gasteiger partial charge in [-0.25, -0.2) is 4.79 Å². The van der Waals surface area contributed by atoms with Crippen LogP contribution in [-0.4, -0.2) is 16.1 Å². The summed E-state index contributed by atoms with van der Waals surface area (Å²) in [5.41, 5.74) is 0.761. The molecule has 0 radical (unpaired) electrons. The Morgan fingerprint density at radius 2 is 2.45 bits per heavy atom. The molecule has 1 rings (SSSR count). The van der Waals surface area contributed by atoms with Crippen molar-refractivity contribution in [2.45, 2.75) is 5.88 Å². The molecule has 0 saturated heterocycles. The maximum absolute atomic E-state index is 10.5. The monoisotopic (exact) mass is 171 g/mol. The molecule has 1 heterocycles. The van der Waals surface area contributed by atoms with Gasteiger partial charge in [0.15, 0.2) is 0 Å². The van der Waals surface area contributed by atoms with Crippen molar-refractivity contribution in [2.24, 2.45) is 0 Å². The first kappa shape index (κ1) is 8.01. The Morgan fingerprint density at radius 3 is 2.91 bits per heavy atom. The number of rotatable bonds is 2. The van der Waals surface area contributed by atoms with Crippen molar-refractivity contribution in [3.05, 3.63) is 29.6 Å². The number of carboxylic acid groups (broad SMARTS) is 1. The van der Waals surface area contributed by atoms with Crippen LogP contribution in [-0.2, 0) is 5.88 Å². The van der Waals surface area contributed by atoms with E-state index in [2.05, 4.69) is 4.98 Å². The Balaban J connectivity index is 3.12. The first-order chi connectivity index (χ1) is 5.25. The van der Waals surface area contributed by atoms with Crippen LogP contribution in [0, 0.1) is 0 Å². The van der Waals surface area contributed by atoms with Gasteiger partial charge in [-0.1, -0.05) is 0 Å². The van der Waals surface area contributed by atoms with Gasteiger partial charge in [0.25, 0.3) is 0 Å². The minimum absolute atomic E-state index is 0.169. The third kappa shape index (κ3) is 1.68. The Bertz CT molecular complexity index is 275. The molecule has 0 spiro atoms. The molecule has 0 bridgehead atoms. The van der Waals surface area contributed by atoms with Gasteiger partial charge in [-0.15, -0.1) is 11.6 Å². The molecule has 0 saturated carbocycles. The van der Waals surface area contributed by atoms with Gasteiger partial charge >= 0.3 is 5.97 Å². The van der Waals surface area contributed by atoms with Crippen molar-refractivity contribution >= 4 is 17.6 Å². The standard InChI is InChI=1S/C7H6ClNO2/c8-3-5-1-2-9-4-6(5)7(10)11/h1-2,4H,3H2,(H,10,11). The van der Waals surface area contributed by atoms with Gasteiger partial charge < -0.3 is 5.11 Å². The van der Waals surface area contributed by atoms with E-state index in [4.69, 9.17) is 16.7 Å². The van der Waals surface area contributed by atoms with Gasteiger partial charge in [-0.3, -0.25) is 4.98 Å². The average Bonchev–Trinajstić information content (AvgIpc) is 2.04. The fourth-order valence-corrected chi connectivity index (χ4v) is 0.965. The Labute approximate surface area is 68.6 Å². The summed E-state index contributed by atoms with van der Waals surface area (Å²) in [4.78, 5) is 14.2. The zero-order chi connectivity index (χ0) is 8.27. The molecule has 0 aromatic carbocycles. The third-order valence-electron chi connectivity index (χ3n) is 1.29. The van der Waals surface area contributed by atoms with E-state index in [9.17, 15) is 4.79 Å². The van der Waals surface area contributed by atoms with Crippen LogP contribution in [0.3, 0.4) is 0 Å². The first-order valence-corrected chi connectivity index (χ1v) is 3.51. The second-order valence-electron chi connectivity index (χ2n) is 1.97. The summed E-state index contributed by atoms with van der Waals surface area (Å²) < 4.78 is 0. The SMILES string of the molecule is O=C(O)c1cnccc1CCl. The molecule has 1 aromatic heterocycles. The Hall–Kier alpha value is -1.09. The topological polar surface area (TPSA) is 50.2 Å². The summed E-state index contributed by atoms with van der Waals surface area (Å²) in [7, 11) is 0. The van der Waals surface area contributed by atoms with Crippen molar-refractivity contribution in [2.75, 3.05) is 0 Å². The van der Waals surface area contributed by atoms with Gasteiger partial charge in [0.05, 0.1) is 5.56 Å². The molecule has 0 atom stereocenters. The maximum Gasteiger partial charge on any atom is 0.337 e. The Kier molecular flexibility index (Phi) is 2.44. The normalized spacial score (nSPS) is 9.55. The van der Waals surface area contributed by atoms with Crippen LogP contribution >= 0.6 is 11.6 Å². The maximum atomic E-state index is 10.5. The molecule has 4 heteroatoms. The van der Waals surface area contributed by atoms with Crippen molar-refractivity contribution in [1.29, 1.82) is 0 Å². The number of hydrogen-bond acceptors (Lipinski definition) is 2.